The van der Waals surface area contributed by atoms with Crippen molar-refractivity contribution in [2.24, 2.45) is 5.73 Å². The first-order valence-corrected chi connectivity index (χ1v) is 7.01. The topological polar surface area (TPSA) is 49.5 Å². The number of aliphatic hydroxyl groups is 1. The van der Waals surface area contributed by atoms with Gasteiger partial charge in [0.05, 0.1) is 12.1 Å². The molecule has 1 aliphatic heterocycles. The van der Waals surface area contributed by atoms with E-state index in [1.165, 1.54) is 18.5 Å². The summed E-state index contributed by atoms with van der Waals surface area (Å²) in [6.45, 7) is 4.38. The molecule has 1 fully saturated rings. The predicted molar refractivity (Wildman–Crippen MR) is 83.0 cm³/mol. The lowest BCUT2D eigenvalue weighted by atomic mass is 9.99. The molecule has 2 atom stereocenters. The van der Waals surface area contributed by atoms with Gasteiger partial charge in [0.15, 0.2) is 0 Å². The van der Waals surface area contributed by atoms with Crippen LogP contribution in [0.1, 0.15) is 44.2 Å². The maximum Gasteiger partial charge on any atom is 0.0732 e. The highest BCUT2D eigenvalue weighted by molar-refractivity contribution is 5.85. The zero-order valence-corrected chi connectivity index (χ0v) is 12.4. The molecule has 0 bridgehead atoms. The van der Waals surface area contributed by atoms with E-state index < -0.39 is 6.10 Å². The van der Waals surface area contributed by atoms with E-state index in [2.05, 4.69) is 36.1 Å². The molecule has 3 N–H and O–H groups in total. The molecule has 108 valence electrons. The highest BCUT2D eigenvalue weighted by Gasteiger charge is 2.17. The minimum absolute atomic E-state index is 0. The summed E-state index contributed by atoms with van der Waals surface area (Å²) in [6, 6.07) is 8.09. The van der Waals surface area contributed by atoms with Crippen molar-refractivity contribution < 1.29 is 5.11 Å². The highest BCUT2D eigenvalue weighted by Crippen LogP contribution is 2.24. The van der Waals surface area contributed by atoms with Crippen LogP contribution in [-0.2, 0) is 0 Å². The standard InChI is InChI=1S/C15H24N2O.ClH/c1-2-5-14(18)15(16)12-6-8-13(9-7-12)17-10-3-4-11-17;/h6-9,14-15,18H,2-5,10-11,16H2,1H3;1H/t14-,15+;/m1./s1. The van der Waals surface area contributed by atoms with Gasteiger partial charge in [-0.05, 0) is 37.0 Å². The van der Waals surface area contributed by atoms with Crippen molar-refractivity contribution in [3.8, 4) is 0 Å². The summed E-state index contributed by atoms with van der Waals surface area (Å²) in [7, 11) is 0. The van der Waals surface area contributed by atoms with Crippen LogP contribution in [0.5, 0.6) is 0 Å². The monoisotopic (exact) mass is 284 g/mol. The minimum atomic E-state index is -0.437. The first-order chi connectivity index (χ1) is 8.72. The molecule has 1 heterocycles. The van der Waals surface area contributed by atoms with Crippen molar-refractivity contribution in [3.63, 3.8) is 0 Å². The molecule has 0 spiro atoms. The molecule has 3 nitrogen and oxygen atoms in total. The summed E-state index contributed by atoms with van der Waals surface area (Å²) in [4.78, 5) is 2.40. The van der Waals surface area contributed by atoms with Crippen LogP contribution in [0.4, 0.5) is 5.69 Å². The van der Waals surface area contributed by atoms with Gasteiger partial charge in [-0.25, -0.2) is 0 Å². The highest BCUT2D eigenvalue weighted by atomic mass is 35.5. The van der Waals surface area contributed by atoms with E-state index in [0.29, 0.717) is 0 Å². The lowest BCUT2D eigenvalue weighted by molar-refractivity contribution is 0.134. The summed E-state index contributed by atoms with van der Waals surface area (Å²) >= 11 is 0. The number of rotatable bonds is 5. The van der Waals surface area contributed by atoms with Gasteiger partial charge in [-0.15, -0.1) is 12.4 Å². The lowest BCUT2D eigenvalue weighted by Crippen LogP contribution is -2.26. The molecular formula is C15H25ClN2O. The van der Waals surface area contributed by atoms with Gasteiger partial charge >= 0.3 is 0 Å². The Kier molecular flexibility index (Phi) is 6.63. The Morgan fingerprint density at radius 3 is 2.32 bits per heavy atom. The number of halogens is 1. The average Bonchev–Trinajstić information content (AvgIpc) is 2.92. The number of hydrogen-bond donors (Lipinski definition) is 2. The maximum absolute atomic E-state index is 9.92. The molecule has 0 radical (unpaired) electrons. The summed E-state index contributed by atoms with van der Waals surface area (Å²) in [5.41, 5.74) is 8.36. The number of benzene rings is 1. The van der Waals surface area contributed by atoms with Crippen LogP contribution in [0.3, 0.4) is 0 Å². The molecule has 1 aliphatic rings. The van der Waals surface area contributed by atoms with Crippen molar-refractivity contribution in [2.75, 3.05) is 18.0 Å². The van der Waals surface area contributed by atoms with E-state index in [0.717, 1.165) is 31.5 Å². The van der Waals surface area contributed by atoms with Crippen molar-refractivity contribution in [1.82, 2.24) is 0 Å². The van der Waals surface area contributed by atoms with Crippen LogP contribution in [0.15, 0.2) is 24.3 Å². The Morgan fingerprint density at radius 2 is 1.79 bits per heavy atom. The molecule has 4 heteroatoms. The predicted octanol–water partition coefficient (Wildman–Crippen LogP) is 2.87. The Balaban J connectivity index is 0.00000180. The summed E-state index contributed by atoms with van der Waals surface area (Å²) in [5.74, 6) is 0. The van der Waals surface area contributed by atoms with Gasteiger partial charge in [-0.2, -0.15) is 0 Å². The van der Waals surface area contributed by atoms with Crippen LogP contribution in [-0.4, -0.2) is 24.3 Å². The molecule has 2 rings (SSSR count). The van der Waals surface area contributed by atoms with Gasteiger partial charge in [0, 0.05) is 18.8 Å². The first-order valence-electron chi connectivity index (χ1n) is 7.01. The Labute approximate surface area is 122 Å². The Morgan fingerprint density at radius 1 is 1.21 bits per heavy atom. The van der Waals surface area contributed by atoms with Gasteiger partial charge in [0.1, 0.15) is 0 Å². The molecule has 19 heavy (non-hydrogen) atoms. The molecule has 0 unspecified atom stereocenters. The van der Waals surface area contributed by atoms with Crippen LogP contribution in [0.2, 0.25) is 0 Å². The van der Waals surface area contributed by atoms with Crippen molar-refractivity contribution in [1.29, 1.82) is 0 Å². The third-order valence-corrected chi connectivity index (χ3v) is 3.75. The second-order valence-electron chi connectivity index (χ2n) is 5.17. The third kappa shape index (κ3) is 4.10. The quantitative estimate of drug-likeness (QED) is 0.874. The van der Waals surface area contributed by atoms with Gasteiger partial charge in [0.2, 0.25) is 0 Å². The van der Waals surface area contributed by atoms with Crippen molar-refractivity contribution in [3.05, 3.63) is 29.8 Å². The van der Waals surface area contributed by atoms with Crippen molar-refractivity contribution in [2.45, 2.75) is 44.8 Å². The molecule has 0 saturated carbocycles. The SMILES string of the molecule is CCC[C@@H](O)[C@@H](N)c1ccc(N2CCCC2)cc1.Cl. The maximum atomic E-state index is 9.92. The summed E-state index contributed by atoms with van der Waals surface area (Å²) in [6.07, 6.45) is 3.86. The normalized spacial score (nSPS) is 17.9. The number of hydrogen-bond acceptors (Lipinski definition) is 3. The number of anilines is 1. The summed E-state index contributed by atoms with van der Waals surface area (Å²) < 4.78 is 0. The van der Waals surface area contributed by atoms with E-state index in [1.807, 2.05) is 0 Å². The van der Waals surface area contributed by atoms with E-state index in [-0.39, 0.29) is 18.4 Å². The second-order valence-corrected chi connectivity index (χ2v) is 5.17. The Hall–Kier alpha value is -0.770. The van der Waals surface area contributed by atoms with E-state index >= 15 is 0 Å². The first kappa shape index (κ1) is 16.3. The largest absolute Gasteiger partial charge is 0.391 e. The molecule has 0 aliphatic carbocycles. The molecule has 0 aromatic heterocycles. The molecule has 1 aromatic carbocycles. The fraction of sp³-hybridized carbons (Fsp3) is 0.600. The molecular weight excluding hydrogens is 260 g/mol. The van der Waals surface area contributed by atoms with Crippen molar-refractivity contribution >= 4 is 18.1 Å². The van der Waals surface area contributed by atoms with E-state index in [1.54, 1.807) is 0 Å². The zero-order valence-electron chi connectivity index (χ0n) is 11.6. The van der Waals surface area contributed by atoms with Crippen LogP contribution in [0, 0.1) is 0 Å². The van der Waals surface area contributed by atoms with Crippen LogP contribution >= 0.6 is 12.4 Å². The average molecular weight is 285 g/mol. The molecule has 0 amide bonds. The van der Waals surface area contributed by atoms with Gasteiger partial charge < -0.3 is 15.7 Å². The van der Waals surface area contributed by atoms with Gasteiger partial charge in [0.25, 0.3) is 0 Å². The fourth-order valence-corrected chi connectivity index (χ4v) is 2.58. The molecule has 1 aromatic rings. The van der Waals surface area contributed by atoms with Gasteiger partial charge in [-0.3, -0.25) is 0 Å². The van der Waals surface area contributed by atoms with Crippen LogP contribution < -0.4 is 10.6 Å². The summed E-state index contributed by atoms with van der Waals surface area (Å²) in [5, 5.41) is 9.92. The minimum Gasteiger partial charge on any atom is -0.391 e. The second kappa shape index (κ2) is 7.73. The zero-order chi connectivity index (χ0) is 13.0. The number of nitrogens with zero attached hydrogens (tertiary/aromatic N) is 1. The number of nitrogens with two attached hydrogens (primary N) is 1. The lowest BCUT2D eigenvalue weighted by Gasteiger charge is -2.21. The Bertz CT molecular complexity index is 363. The van der Waals surface area contributed by atoms with E-state index in [9.17, 15) is 5.11 Å². The third-order valence-electron chi connectivity index (χ3n) is 3.75. The van der Waals surface area contributed by atoms with Gasteiger partial charge in [-0.1, -0.05) is 25.5 Å². The molecule has 1 saturated heterocycles. The van der Waals surface area contributed by atoms with Crippen LogP contribution in [0.25, 0.3) is 0 Å². The fourth-order valence-electron chi connectivity index (χ4n) is 2.58. The van der Waals surface area contributed by atoms with E-state index in [4.69, 9.17) is 5.73 Å². The number of aliphatic hydroxyl groups excluding tert-OH is 1. The smallest absolute Gasteiger partial charge is 0.0732 e.